The molecule has 0 bridgehead atoms. The second-order valence-electron chi connectivity index (χ2n) is 10.0. The Morgan fingerprint density at radius 2 is 1.58 bits per heavy atom. The number of rotatable bonds is 8. The first-order chi connectivity index (χ1) is 18.5. The minimum Gasteiger partial charge on any atom is -0.341 e. The van der Waals surface area contributed by atoms with Gasteiger partial charge in [0, 0.05) is 30.3 Å². The van der Waals surface area contributed by atoms with E-state index in [0.29, 0.717) is 28.1 Å². The van der Waals surface area contributed by atoms with Crippen molar-refractivity contribution in [1.82, 2.24) is 15.0 Å². The Morgan fingerprint density at radius 3 is 2.32 bits per heavy atom. The van der Waals surface area contributed by atoms with Crippen LogP contribution < -0.4 is 15.5 Å². The van der Waals surface area contributed by atoms with Crippen molar-refractivity contribution in [2.24, 2.45) is 0 Å². The standard InChI is InChI=1S/C29H33ClN6O2/c30-23-11-5-6-12-24(23)32-26(38)19-25(37)20-13-15-22(16-14-20)31-28-33-27(21-9-3-1-4-10-21)34-29(35-28)36-17-7-2-8-18-36/h5-6,11-16,21H,1-4,7-10,17-19H2,(H,32,38)(H,31,33,34,35). The molecule has 1 aromatic heterocycles. The molecular weight excluding hydrogens is 500 g/mol. The van der Waals surface area contributed by atoms with Crippen LogP contribution in [0, 0.1) is 0 Å². The van der Waals surface area contributed by atoms with Gasteiger partial charge >= 0.3 is 0 Å². The van der Waals surface area contributed by atoms with E-state index in [0.717, 1.165) is 56.2 Å². The third-order valence-electron chi connectivity index (χ3n) is 7.18. The molecule has 1 saturated carbocycles. The highest BCUT2D eigenvalue weighted by molar-refractivity contribution is 6.33. The number of nitrogens with one attached hydrogen (secondary N) is 2. The zero-order valence-electron chi connectivity index (χ0n) is 21.5. The van der Waals surface area contributed by atoms with Gasteiger partial charge in [0.05, 0.1) is 17.1 Å². The van der Waals surface area contributed by atoms with Crippen molar-refractivity contribution in [3.63, 3.8) is 0 Å². The minimum atomic E-state index is -0.407. The predicted octanol–water partition coefficient (Wildman–Crippen LogP) is 6.52. The van der Waals surface area contributed by atoms with Crippen LogP contribution in [0.5, 0.6) is 0 Å². The number of Topliss-reactive ketones (excluding diaryl/α,β-unsaturated/α-hetero) is 1. The number of aromatic nitrogens is 3. The van der Waals surface area contributed by atoms with E-state index < -0.39 is 5.91 Å². The van der Waals surface area contributed by atoms with Crippen LogP contribution in [0.15, 0.2) is 48.5 Å². The van der Waals surface area contributed by atoms with Gasteiger partial charge in [-0.25, -0.2) is 0 Å². The highest BCUT2D eigenvalue weighted by atomic mass is 35.5. The molecule has 1 saturated heterocycles. The molecule has 9 heteroatoms. The largest absolute Gasteiger partial charge is 0.341 e. The molecular formula is C29H33ClN6O2. The first-order valence-electron chi connectivity index (χ1n) is 13.5. The van der Waals surface area contributed by atoms with Crippen LogP contribution in [-0.4, -0.2) is 39.7 Å². The number of benzene rings is 2. The molecule has 0 unspecified atom stereocenters. The summed E-state index contributed by atoms with van der Waals surface area (Å²) in [7, 11) is 0. The highest BCUT2D eigenvalue weighted by Gasteiger charge is 2.23. The van der Waals surface area contributed by atoms with Crippen LogP contribution in [0.1, 0.15) is 79.9 Å². The summed E-state index contributed by atoms with van der Waals surface area (Å²) in [5, 5.41) is 6.43. The van der Waals surface area contributed by atoms with Gasteiger partial charge in [-0.1, -0.05) is 43.0 Å². The zero-order valence-corrected chi connectivity index (χ0v) is 22.2. The molecule has 1 aliphatic carbocycles. The van der Waals surface area contributed by atoms with E-state index in [9.17, 15) is 9.59 Å². The fourth-order valence-electron chi connectivity index (χ4n) is 5.09. The van der Waals surface area contributed by atoms with Crippen LogP contribution in [0.2, 0.25) is 5.02 Å². The Hall–Kier alpha value is -3.52. The van der Waals surface area contributed by atoms with Gasteiger partial charge in [-0.05, 0) is 68.5 Å². The summed E-state index contributed by atoms with van der Waals surface area (Å²) in [4.78, 5) is 41.7. The molecule has 2 aliphatic rings. The number of amides is 1. The molecule has 1 amide bonds. The predicted molar refractivity (Wildman–Crippen MR) is 150 cm³/mol. The summed E-state index contributed by atoms with van der Waals surface area (Å²) in [5.74, 6) is 1.84. The number of anilines is 4. The average Bonchev–Trinajstić information content (AvgIpc) is 2.95. The smallest absolute Gasteiger partial charge is 0.232 e. The number of halogens is 1. The molecule has 0 radical (unpaired) electrons. The maximum Gasteiger partial charge on any atom is 0.232 e. The van der Waals surface area contributed by atoms with Crippen molar-refractivity contribution in [2.75, 3.05) is 28.6 Å². The second kappa shape index (κ2) is 12.3. The number of hydrogen-bond donors (Lipinski definition) is 2. The maximum atomic E-state index is 12.7. The zero-order chi connectivity index (χ0) is 26.3. The van der Waals surface area contributed by atoms with Gasteiger partial charge in [0.2, 0.25) is 17.8 Å². The van der Waals surface area contributed by atoms with E-state index in [-0.39, 0.29) is 12.2 Å². The quantitative estimate of drug-likeness (QED) is 0.251. The Labute approximate surface area is 228 Å². The Balaban J connectivity index is 1.27. The molecule has 3 aromatic rings. The fraction of sp³-hybridized carbons (Fsp3) is 0.414. The molecule has 198 valence electrons. The summed E-state index contributed by atoms with van der Waals surface area (Å²) in [6.07, 6.45) is 9.21. The lowest BCUT2D eigenvalue weighted by molar-refractivity contribution is -0.115. The number of nitrogens with zero attached hydrogens (tertiary/aromatic N) is 4. The van der Waals surface area contributed by atoms with Crippen molar-refractivity contribution in [2.45, 2.75) is 63.7 Å². The van der Waals surface area contributed by atoms with Gasteiger partial charge in [-0.2, -0.15) is 15.0 Å². The van der Waals surface area contributed by atoms with Crippen LogP contribution >= 0.6 is 11.6 Å². The van der Waals surface area contributed by atoms with E-state index in [1.165, 1.54) is 25.7 Å². The highest BCUT2D eigenvalue weighted by Crippen LogP contribution is 2.32. The number of piperidine rings is 1. The van der Waals surface area contributed by atoms with Gasteiger partial charge in [0.1, 0.15) is 5.82 Å². The van der Waals surface area contributed by atoms with E-state index in [4.69, 9.17) is 26.6 Å². The molecule has 1 aliphatic heterocycles. The van der Waals surface area contributed by atoms with Crippen molar-refractivity contribution < 1.29 is 9.59 Å². The van der Waals surface area contributed by atoms with Crippen LogP contribution in [0.25, 0.3) is 0 Å². The molecule has 0 spiro atoms. The van der Waals surface area contributed by atoms with Crippen LogP contribution in [0.3, 0.4) is 0 Å². The Morgan fingerprint density at radius 1 is 0.868 bits per heavy atom. The van der Waals surface area contributed by atoms with Gasteiger partial charge in [0.15, 0.2) is 5.78 Å². The Bertz CT molecular complexity index is 1230. The summed E-state index contributed by atoms with van der Waals surface area (Å²) >= 11 is 6.09. The Kier molecular flexibility index (Phi) is 8.48. The number of ketones is 1. The third kappa shape index (κ3) is 6.67. The lowest BCUT2D eigenvalue weighted by atomic mass is 9.89. The molecule has 0 atom stereocenters. The first kappa shape index (κ1) is 26.1. The summed E-state index contributed by atoms with van der Waals surface area (Å²) in [6.45, 7) is 1.93. The number of carbonyl (C=O) groups excluding carboxylic acids is 2. The SMILES string of the molecule is O=C(CC(=O)c1ccc(Nc2nc(C3CCCCC3)nc(N3CCCCC3)n2)cc1)Nc1ccccc1Cl. The molecule has 5 rings (SSSR count). The van der Waals surface area contributed by atoms with Crippen molar-refractivity contribution >= 4 is 46.6 Å². The summed E-state index contributed by atoms with van der Waals surface area (Å²) in [5.41, 5.74) is 1.71. The maximum absolute atomic E-state index is 12.7. The lowest BCUT2D eigenvalue weighted by Crippen LogP contribution is -2.31. The molecule has 2 fully saturated rings. The van der Waals surface area contributed by atoms with Gasteiger partial charge < -0.3 is 15.5 Å². The van der Waals surface area contributed by atoms with Gasteiger partial charge in [0.25, 0.3) is 0 Å². The third-order valence-corrected chi connectivity index (χ3v) is 7.51. The fourth-order valence-corrected chi connectivity index (χ4v) is 5.27. The molecule has 2 aromatic carbocycles. The average molecular weight is 533 g/mol. The lowest BCUT2D eigenvalue weighted by Gasteiger charge is -2.28. The minimum absolute atomic E-state index is 0.268. The van der Waals surface area contributed by atoms with E-state index >= 15 is 0 Å². The van der Waals surface area contributed by atoms with E-state index in [2.05, 4.69) is 15.5 Å². The first-order valence-corrected chi connectivity index (χ1v) is 13.9. The number of hydrogen-bond acceptors (Lipinski definition) is 7. The monoisotopic (exact) mass is 532 g/mol. The van der Waals surface area contributed by atoms with Crippen molar-refractivity contribution in [3.05, 3.63) is 64.9 Å². The number of carbonyl (C=O) groups is 2. The van der Waals surface area contributed by atoms with Crippen LogP contribution in [-0.2, 0) is 4.79 Å². The van der Waals surface area contributed by atoms with Crippen molar-refractivity contribution in [3.8, 4) is 0 Å². The molecule has 8 nitrogen and oxygen atoms in total. The molecule has 2 N–H and O–H groups in total. The normalized spacial score (nSPS) is 16.2. The van der Waals surface area contributed by atoms with E-state index in [1.807, 2.05) is 12.1 Å². The topological polar surface area (TPSA) is 100 Å². The summed E-state index contributed by atoms with van der Waals surface area (Å²) in [6, 6.07) is 14.0. The molecule has 38 heavy (non-hydrogen) atoms. The van der Waals surface area contributed by atoms with Crippen molar-refractivity contribution in [1.29, 1.82) is 0 Å². The van der Waals surface area contributed by atoms with Gasteiger partial charge in [-0.3, -0.25) is 9.59 Å². The summed E-state index contributed by atoms with van der Waals surface area (Å²) < 4.78 is 0. The van der Waals surface area contributed by atoms with Crippen LogP contribution in [0.4, 0.5) is 23.3 Å². The number of para-hydroxylation sites is 1. The van der Waals surface area contributed by atoms with E-state index in [1.54, 1.807) is 36.4 Å². The van der Waals surface area contributed by atoms with Gasteiger partial charge in [-0.15, -0.1) is 0 Å². The second-order valence-corrected chi connectivity index (χ2v) is 10.4. The molecule has 2 heterocycles.